The Morgan fingerprint density at radius 3 is 2.24 bits per heavy atom. The zero-order valence-corrected chi connectivity index (χ0v) is 27.1. The number of hydrogen-bond donors (Lipinski definition) is 0. The van der Waals surface area contributed by atoms with Gasteiger partial charge in [0.15, 0.2) is 0 Å². The quantitative estimate of drug-likeness (QED) is 0.0991. The van der Waals surface area contributed by atoms with Crippen LogP contribution in [-0.4, -0.2) is 66.4 Å². The molecular formula is C33H54N3O4S+. The molecule has 0 radical (unpaired) electrons. The van der Waals surface area contributed by atoms with E-state index in [2.05, 4.69) is 40.5 Å². The minimum absolute atomic E-state index is 0.202. The highest BCUT2D eigenvalue weighted by atomic mass is 32.1. The third kappa shape index (κ3) is 12.6. The first-order valence-electron chi connectivity index (χ1n) is 15.6. The van der Waals surface area contributed by atoms with Crippen molar-refractivity contribution in [3.05, 3.63) is 47.7 Å². The molecule has 0 bridgehead atoms. The fourth-order valence-corrected chi connectivity index (χ4v) is 5.72. The van der Waals surface area contributed by atoms with Crippen LogP contribution in [0.2, 0.25) is 0 Å². The molecule has 2 aromatic rings. The summed E-state index contributed by atoms with van der Waals surface area (Å²) in [5.74, 6) is 0.413. The molecule has 7 nitrogen and oxygen atoms in total. The monoisotopic (exact) mass is 588 g/mol. The molecule has 1 aliphatic heterocycles. The summed E-state index contributed by atoms with van der Waals surface area (Å²) in [6.07, 6.45) is 17.2. The van der Waals surface area contributed by atoms with Gasteiger partial charge in [0.25, 0.3) is 5.88 Å². The maximum Gasteiger partial charge on any atom is 0.342 e. The van der Waals surface area contributed by atoms with Crippen LogP contribution in [0, 0.1) is 0 Å². The van der Waals surface area contributed by atoms with E-state index in [0.29, 0.717) is 22.5 Å². The molecule has 2 unspecified atom stereocenters. The minimum atomic E-state index is -0.236. The number of hydrogen-bond acceptors (Lipinski definition) is 7. The number of nitrogens with zero attached hydrogens (tertiary/aromatic N) is 3. The van der Waals surface area contributed by atoms with Gasteiger partial charge in [-0.2, -0.15) is 4.37 Å². The number of ether oxygens (including phenoxy) is 3. The van der Waals surface area contributed by atoms with E-state index < -0.39 is 0 Å². The minimum Gasteiger partial charge on any atom is -0.475 e. The number of benzene rings is 1. The van der Waals surface area contributed by atoms with Gasteiger partial charge in [0.05, 0.1) is 37.5 Å². The lowest BCUT2D eigenvalue weighted by molar-refractivity contribution is -0.947. The zero-order valence-electron chi connectivity index (χ0n) is 26.2. The largest absolute Gasteiger partial charge is 0.475 e. The highest BCUT2D eigenvalue weighted by Gasteiger charge is 2.39. The lowest BCUT2D eigenvalue weighted by Gasteiger charge is -2.42. The fraction of sp³-hybridized carbons (Fsp3) is 0.667. The fourth-order valence-electron chi connectivity index (χ4n) is 5.19. The van der Waals surface area contributed by atoms with Crippen molar-refractivity contribution >= 4 is 23.3 Å². The number of rotatable bonds is 18. The van der Waals surface area contributed by atoms with Crippen molar-refractivity contribution < 1.29 is 23.5 Å². The van der Waals surface area contributed by atoms with Crippen molar-refractivity contribution in [3.63, 3.8) is 0 Å². The van der Waals surface area contributed by atoms with Crippen molar-refractivity contribution in [2.45, 2.75) is 104 Å². The Labute approximate surface area is 253 Å². The van der Waals surface area contributed by atoms with Gasteiger partial charge < -0.3 is 14.2 Å². The lowest BCUT2D eigenvalue weighted by Crippen LogP contribution is -2.56. The van der Waals surface area contributed by atoms with Crippen molar-refractivity contribution in [3.8, 4) is 5.88 Å². The molecule has 2 heterocycles. The topological polar surface area (TPSA) is 70.5 Å². The maximum atomic E-state index is 13.1. The van der Waals surface area contributed by atoms with Crippen LogP contribution in [0.25, 0.3) is 5.57 Å². The second-order valence-corrected chi connectivity index (χ2v) is 11.8. The molecule has 8 heteroatoms. The zero-order chi connectivity index (χ0) is 29.8. The Kier molecular flexibility index (Phi) is 17.5. The standard InChI is InChI=1S/C31H48N3O3S.C2H6O/c1-4-6-8-10-11-12-16-22-28(37-31(35)26-19-14-13-15-20-26)34(3)23-18-21-27(25-34)29-30(33-38-32-29)36-24-17-9-7-5-2;1-3-2/h13-15,19-21,28H,4-12,16-18,22-25H2,1-3H3;1-2H3/q+1;. The summed E-state index contributed by atoms with van der Waals surface area (Å²) in [6.45, 7) is 6.82. The number of esters is 1. The first-order valence-corrected chi connectivity index (χ1v) is 16.4. The molecule has 230 valence electrons. The summed E-state index contributed by atoms with van der Waals surface area (Å²) in [5.41, 5.74) is 2.62. The van der Waals surface area contributed by atoms with E-state index in [1.54, 1.807) is 14.2 Å². The highest BCUT2D eigenvalue weighted by molar-refractivity contribution is 6.99. The van der Waals surface area contributed by atoms with Crippen LogP contribution < -0.4 is 4.74 Å². The van der Waals surface area contributed by atoms with E-state index in [1.807, 2.05) is 30.3 Å². The average Bonchev–Trinajstić information content (AvgIpc) is 3.45. The Balaban J connectivity index is 0.00000187. The van der Waals surface area contributed by atoms with E-state index in [4.69, 9.17) is 9.47 Å². The SMILES string of the molecule is CCCCCCCCCC(OC(=O)c1ccccc1)[N+]1(C)CCC=C(c2nsnc2OCCCCCC)C1.COC. The van der Waals surface area contributed by atoms with Crippen LogP contribution in [0.5, 0.6) is 5.88 Å². The lowest BCUT2D eigenvalue weighted by atomic mass is 10.0. The maximum absolute atomic E-state index is 13.1. The first-order chi connectivity index (χ1) is 20.0. The van der Waals surface area contributed by atoms with Crippen molar-refractivity contribution in [1.29, 1.82) is 0 Å². The number of unbranched alkanes of at least 4 members (excludes halogenated alkanes) is 9. The number of aromatic nitrogens is 2. The number of carbonyl (C=O) groups excluding carboxylic acids is 1. The number of carbonyl (C=O) groups is 1. The van der Waals surface area contributed by atoms with Crippen LogP contribution in [0.3, 0.4) is 0 Å². The van der Waals surface area contributed by atoms with Crippen molar-refractivity contribution in [2.24, 2.45) is 0 Å². The molecule has 0 fully saturated rings. The Bertz CT molecular complexity index is 997. The molecule has 41 heavy (non-hydrogen) atoms. The molecule has 2 atom stereocenters. The molecule has 0 amide bonds. The molecule has 0 spiro atoms. The summed E-state index contributed by atoms with van der Waals surface area (Å²) in [4.78, 5) is 13.1. The van der Waals surface area contributed by atoms with Gasteiger partial charge in [-0.25, -0.2) is 4.79 Å². The summed E-state index contributed by atoms with van der Waals surface area (Å²) >= 11 is 1.21. The van der Waals surface area contributed by atoms with Gasteiger partial charge in [-0.1, -0.05) is 95.9 Å². The van der Waals surface area contributed by atoms with E-state index in [0.717, 1.165) is 50.0 Å². The third-order valence-electron chi connectivity index (χ3n) is 7.56. The predicted molar refractivity (Wildman–Crippen MR) is 169 cm³/mol. The number of quaternary nitrogens is 1. The van der Waals surface area contributed by atoms with Crippen LogP contribution in [0.4, 0.5) is 0 Å². The van der Waals surface area contributed by atoms with E-state index >= 15 is 0 Å². The van der Waals surface area contributed by atoms with E-state index in [-0.39, 0.29) is 12.2 Å². The van der Waals surface area contributed by atoms with Gasteiger partial charge in [0, 0.05) is 32.6 Å². The van der Waals surface area contributed by atoms with Gasteiger partial charge in [0.1, 0.15) is 12.2 Å². The van der Waals surface area contributed by atoms with Crippen LogP contribution in [-0.2, 0) is 9.47 Å². The van der Waals surface area contributed by atoms with Crippen LogP contribution in [0.15, 0.2) is 36.4 Å². The summed E-state index contributed by atoms with van der Waals surface area (Å²) in [7, 11) is 5.47. The van der Waals surface area contributed by atoms with E-state index in [9.17, 15) is 4.79 Å². The number of methoxy groups -OCH3 is 1. The molecule has 0 N–H and O–H groups in total. The average molecular weight is 589 g/mol. The van der Waals surface area contributed by atoms with Crippen molar-refractivity contribution in [1.82, 2.24) is 8.75 Å². The number of likely N-dealkylation sites (N-methyl/N-ethyl adjacent to an activating group) is 1. The summed E-state index contributed by atoms with van der Waals surface area (Å²) in [6, 6.07) is 9.37. The molecule has 0 saturated heterocycles. The van der Waals surface area contributed by atoms with Crippen LogP contribution in [0.1, 0.15) is 113 Å². The second-order valence-electron chi connectivity index (χ2n) is 11.3. The summed E-state index contributed by atoms with van der Waals surface area (Å²) in [5, 5.41) is 0. The normalized spacial score (nSPS) is 17.2. The van der Waals surface area contributed by atoms with Crippen molar-refractivity contribution in [2.75, 3.05) is 41.0 Å². The third-order valence-corrected chi connectivity index (χ3v) is 8.08. The molecule has 1 aliphatic rings. The highest BCUT2D eigenvalue weighted by Crippen LogP contribution is 2.33. The van der Waals surface area contributed by atoms with E-state index in [1.165, 1.54) is 69.5 Å². The Morgan fingerprint density at radius 1 is 0.927 bits per heavy atom. The molecule has 0 aliphatic carbocycles. The predicted octanol–water partition coefficient (Wildman–Crippen LogP) is 8.32. The Hall–Kier alpha value is -2.29. The summed E-state index contributed by atoms with van der Waals surface area (Å²) < 4.78 is 26.3. The molecule has 3 rings (SSSR count). The van der Waals surface area contributed by atoms with Gasteiger partial charge in [0.2, 0.25) is 6.23 Å². The molecule has 1 aromatic carbocycles. The molecule has 0 saturated carbocycles. The van der Waals surface area contributed by atoms with Gasteiger partial charge in [-0.15, -0.1) is 4.37 Å². The van der Waals surface area contributed by atoms with Gasteiger partial charge in [-0.3, -0.25) is 4.48 Å². The molecule has 1 aromatic heterocycles. The molecular weight excluding hydrogens is 534 g/mol. The van der Waals surface area contributed by atoms with Gasteiger partial charge in [-0.05, 0) is 25.0 Å². The van der Waals surface area contributed by atoms with Gasteiger partial charge >= 0.3 is 5.97 Å². The first kappa shape index (κ1) is 34.9. The second kappa shape index (κ2) is 20.6. The smallest absolute Gasteiger partial charge is 0.342 e. The van der Waals surface area contributed by atoms with Crippen LogP contribution >= 0.6 is 11.7 Å². The Morgan fingerprint density at radius 2 is 1.56 bits per heavy atom.